The molecule has 0 aromatic rings. The van der Waals surface area contributed by atoms with Crippen molar-refractivity contribution >= 4 is 23.7 Å². The lowest BCUT2D eigenvalue weighted by molar-refractivity contribution is -0.143. The molecule has 10 nitrogen and oxygen atoms in total. The summed E-state index contributed by atoms with van der Waals surface area (Å²) < 4.78 is 0. The number of nitrogens with one attached hydrogen (secondary N) is 2. The van der Waals surface area contributed by atoms with E-state index in [9.17, 15) is 19.2 Å². The smallest absolute Gasteiger partial charge is 0.328 e. The lowest BCUT2D eigenvalue weighted by Crippen LogP contribution is -2.54. The minimum Gasteiger partial charge on any atom is -0.480 e. The highest BCUT2D eigenvalue weighted by Gasteiger charge is 2.36. The van der Waals surface area contributed by atoms with Gasteiger partial charge in [0, 0.05) is 6.54 Å². The van der Waals surface area contributed by atoms with Crippen LogP contribution in [-0.4, -0.2) is 76.6 Å². The number of aliphatic hydroxyl groups is 1. The number of carbonyl (C=O) groups excluding carboxylic acids is 3. The van der Waals surface area contributed by atoms with Gasteiger partial charge in [-0.1, -0.05) is 13.8 Å². The summed E-state index contributed by atoms with van der Waals surface area (Å²) in [4.78, 5) is 48.4. The van der Waals surface area contributed by atoms with Gasteiger partial charge in [-0.15, -0.1) is 0 Å². The van der Waals surface area contributed by atoms with E-state index in [1.54, 1.807) is 0 Å². The molecule has 3 atom stereocenters. The van der Waals surface area contributed by atoms with Crippen molar-refractivity contribution in [3.8, 4) is 0 Å². The third-order valence-corrected chi connectivity index (χ3v) is 4.08. The second-order valence-corrected chi connectivity index (χ2v) is 6.32. The number of nitrogens with two attached hydrogens (primary N) is 1. The van der Waals surface area contributed by atoms with Crippen molar-refractivity contribution in [3.63, 3.8) is 0 Å². The second-order valence-electron chi connectivity index (χ2n) is 6.32. The SMILES string of the molecule is CC(C)C(N)C(=O)N1CCCC1C(=O)NCC(=O)NC(CO)C(=O)O. The molecule has 0 aromatic heterocycles. The molecule has 10 heteroatoms. The van der Waals surface area contributed by atoms with E-state index < -0.39 is 49.1 Å². The molecule has 1 rings (SSSR count). The average molecular weight is 358 g/mol. The third kappa shape index (κ3) is 5.68. The zero-order chi connectivity index (χ0) is 19.1. The van der Waals surface area contributed by atoms with Crippen molar-refractivity contribution in [3.05, 3.63) is 0 Å². The molecule has 25 heavy (non-hydrogen) atoms. The lowest BCUT2D eigenvalue weighted by Gasteiger charge is -2.28. The summed E-state index contributed by atoms with van der Waals surface area (Å²) in [6.07, 6.45) is 1.13. The van der Waals surface area contributed by atoms with Crippen LogP contribution < -0.4 is 16.4 Å². The highest BCUT2D eigenvalue weighted by molar-refractivity contribution is 5.93. The van der Waals surface area contributed by atoms with E-state index in [1.165, 1.54) is 4.90 Å². The third-order valence-electron chi connectivity index (χ3n) is 4.08. The molecular weight excluding hydrogens is 332 g/mol. The Morgan fingerprint density at radius 1 is 1.28 bits per heavy atom. The molecule has 0 saturated carbocycles. The molecule has 0 aliphatic carbocycles. The number of aliphatic carboxylic acids is 1. The number of carboxylic acids is 1. The number of carbonyl (C=O) groups is 4. The van der Waals surface area contributed by atoms with E-state index in [2.05, 4.69) is 10.6 Å². The monoisotopic (exact) mass is 358 g/mol. The normalized spacial score (nSPS) is 19.4. The fourth-order valence-electron chi connectivity index (χ4n) is 2.50. The van der Waals surface area contributed by atoms with Gasteiger partial charge in [0.05, 0.1) is 19.2 Å². The summed E-state index contributed by atoms with van der Waals surface area (Å²) in [5.41, 5.74) is 5.86. The topological polar surface area (TPSA) is 162 Å². The quantitative estimate of drug-likeness (QED) is 0.324. The maximum atomic E-state index is 12.3. The highest BCUT2D eigenvalue weighted by Crippen LogP contribution is 2.19. The lowest BCUT2D eigenvalue weighted by atomic mass is 10.0. The van der Waals surface area contributed by atoms with Gasteiger partial charge in [-0.25, -0.2) is 4.79 Å². The number of amides is 3. The van der Waals surface area contributed by atoms with E-state index in [0.29, 0.717) is 19.4 Å². The van der Waals surface area contributed by atoms with Gasteiger partial charge in [0.1, 0.15) is 12.1 Å². The largest absolute Gasteiger partial charge is 0.480 e. The van der Waals surface area contributed by atoms with Crippen LogP contribution >= 0.6 is 0 Å². The zero-order valence-corrected chi connectivity index (χ0v) is 14.4. The Bertz CT molecular complexity index is 524. The summed E-state index contributed by atoms with van der Waals surface area (Å²) >= 11 is 0. The maximum absolute atomic E-state index is 12.3. The van der Waals surface area contributed by atoms with Crippen LogP contribution in [0.15, 0.2) is 0 Å². The van der Waals surface area contributed by atoms with Crippen molar-refractivity contribution in [1.29, 1.82) is 0 Å². The van der Waals surface area contributed by atoms with E-state index in [4.69, 9.17) is 15.9 Å². The van der Waals surface area contributed by atoms with Crippen LogP contribution in [-0.2, 0) is 19.2 Å². The molecule has 1 heterocycles. The van der Waals surface area contributed by atoms with Crippen LogP contribution in [0.5, 0.6) is 0 Å². The van der Waals surface area contributed by atoms with Gasteiger partial charge in [-0.05, 0) is 18.8 Å². The number of aliphatic hydroxyl groups excluding tert-OH is 1. The van der Waals surface area contributed by atoms with Gasteiger partial charge in [0.2, 0.25) is 17.7 Å². The van der Waals surface area contributed by atoms with Crippen molar-refractivity contribution < 1.29 is 29.4 Å². The summed E-state index contributed by atoms with van der Waals surface area (Å²) in [7, 11) is 0. The van der Waals surface area contributed by atoms with Crippen molar-refractivity contribution in [2.45, 2.75) is 44.8 Å². The predicted octanol–water partition coefficient (Wildman–Crippen LogP) is -2.36. The van der Waals surface area contributed by atoms with E-state index in [-0.39, 0.29) is 11.8 Å². The van der Waals surface area contributed by atoms with Crippen molar-refractivity contribution in [2.75, 3.05) is 19.7 Å². The van der Waals surface area contributed by atoms with Crippen molar-refractivity contribution in [1.82, 2.24) is 15.5 Å². The van der Waals surface area contributed by atoms with Gasteiger partial charge in [0.15, 0.2) is 0 Å². The van der Waals surface area contributed by atoms with Gasteiger partial charge in [0.25, 0.3) is 0 Å². The van der Waals surface area contributed by atoms with E-state index in [0.717, 1.165) is 0 Å². The van der Waals surface area contributed by atoms with Gasteiger partial charge >= 0.3 is 5.97 Å². The van der Waals surface area contributed by atoms with Crippen LogP contribution in [0.2, 0.25) is 0 Å². The summed E-state index contributed by atoms with van der Waals surface area (Å²) in [5.74, 6) is -2.98. The maximum Gasteiger partial charge on any atom is 0.328 e. The first-order valence-corrected chi connectivity index (χ1v) is 8.15. The fourth-order valence-corrected chi connectivity index (χ4v) is 2.50. The first-order chi connectivity index (χ1) is 11.7. The number of hydrogen-bond donors (Lipinski definition) is 5. The Balaban J connectivity index is 2.57. The van der Waals surface area contributed by atoms with Crippen LogP contribution in [0, 0.1) is 5.92 Å². The van der Waals surface area contributed by atoms with E-state index >= 15 is 0 Å². The molecule has 0 aromatic carbocycles. The Labute approximate surface area is 145 Å². The molecule has 0 bridgehead atoms. The highest BCUT2D eigenvalue weighted by atomic mass is 16.4. The molecule has 0 spiro atoms. The second kappa shape index (κ2) is 9.33. The molecule has 1 saturated heterocycles. The Kier molecular flexibility index (Phi) is 7.78. The fraction of sp³-hybridized carbons (Fsp3) is 0.733. The standard InChI is InChI=1S/C15H26N4O6/c1-8(2)12(16)14(23)19-5-3-4-10(19)13(22)17-6-11(21)18-9(7-20)15(24)25/h8-10,12,20H,3-7,16H2,1-2H3,(H,17,22)(H,18,21)(H,24,25). The molecular formula is C15H26N4O6. The Hall–Kier alpha value is -2.20. The molecule has 1 aliphatic heterocycles. The number of rotatable bonds is 8. The number of nitrogens with zero attached hydrogens (tertiary/aromatic N) is 1. The van der Waals surface area contributed by atoms with E-state index in [1.807, 2.05) is 13.8 Å². The van der Waals surface area contributed by atoms with Gasteiger partial charge < -0.3 is 31.5 Å². The molecule has 0 radical (unpaired) electrons. The van der Waals surface area contributed by atoms with Crippen molar-refractivity contribution in [2.24, 2.45) is 11.7 Å². The van der Waals surface area contributed by atoms with Crippen LogP contribution in [0.4, 0.5) is 0 Å². The summed E-state index contributed by atoms with van der Waals surface area (Å²) in [5, 5.41) is 22.1. The summed E-state index contributed by atoms with van der Waals surface area (Å²) in [6, 6.07) is -2.83. The molecule has 3 amide bonds. The minimum atomic E-state index is -1.43. The van der Waals surface area contributed by atoms with Crippen LogP contribution in [0.25, 0.3) is 0 Å². The van der Waals surface area contributed by atoms with Gasteiger partial charge in [-0.2, -0.15) is 0 Å². The zero-order valence-electron chi connectivity index (χ0n) is 14.4. The van der Waals surface area contributed by atoms with Crippen LogP contribution in [0.1, 0.15) is 26.7 Å². The summed E-state index contributed by atoms with van der Waals surface area (Å²) in [6.45, 7) is 2.86. The molecule has 1 fully saturated rings. The Morgan fingerprint density at radius 3 is 2.44 bits per heavy atom. The van der Waals surface area contributed by atoms with Gasteiger partial charge in [-0.3, -0.25) is 14.4 Å². The average Bonchev–Trinajstić information content (AvgIpc) is 3.05. The number of hydrogen-bond acceptors (Lipinski definition) is 6. The van der Waals surface area contributed by atoms with Crippen LogP contribution in [0.3, 0.4) is 0 Å². The minimum absolute atomic E-state index is 0.0611. The molecule has 142 valence electrons. The number of likely N-dealkylation sites (tertiary alicyclic amines) is 1. The Morgan fingerprint density at radius 2 is 1.92 bits per heavy atom. The molecule has 1 aliphatic rings. The molecule has 6 N–H and O–H groups in total. The first kappa shape index (κ1) is 20.8. The molecule has 3 unspecified atom stereocenters. The first-order valence-electron chi connectivity index (χ1n) is 8.15. The predicted molar refractivity (Wildman–Crippen MR) is 87.2 cm³/mol. The number of carboxylic acid groups (broad SMARTS) is 1.